The van der Waals surface area contributed by atoms with Gasteiger partial charge in [0.05, 0.1) is 0 Å². The number of benzene rings is 1. The van der Waals surface area contributed by atoms with Crippen LogP contribution in [-0.4, -0.2) is 15.0 Å². The van der Waals surface area contributed by atoms with Crippen molar-refractivity contribution in [3.63, 3.8) is 0 Å². The van der Waals surface area contributed by atoms with E-state index >= 15 is 0 Å². The fourth-order valence-electron chi connectivity index (χ4n) is 1.94. The number of anilines is 1. The molecule has 0 bridgehead atoms. The molecule has 0 aliphatic rings. The molecule has 4 nitrogen and oxygen atoms in total. The lowest BCUT2D eigenvalue weighted by Crippen LogP contribution is -2.17. The van der Waals surface area contributed by atoms with Crippen molar-refractivity contribution in [2.24, 2.45) is 0 Å². The molecule has 1 atom stereocenters. The molecule has 0 saturated carbocycles. The Hall–Kier alpha value is -0.890. The second kappa shape index (κ2) is 6.91. The second-order valence-corrected chi connectivity index (χ2v) is 8.21. The molecule has 0 aliphatic carbocycles. The number of halogens is 1. The number of hydrogen-bond acceptors (Lipinski definition) is 4. The first-order valence-electron chi connectivity index (χ1n) is 6.53. The van der Waals surface area contributed by atoms with E-state index in [9.17, 15) is 8.42 Å². The van der Waals surface area contributed by atoms with E-state index in [-0.39, 0.29) is 10.3 Å². The minimum absolute atomic E-state index is 0.243. The van der Waals surface area contributed by atoms with E-state index in [0.717, 1.165) is 12.1 Å². The summed E-state index contributed by atoms with van der Waals surface area (Å²) in [5.41, 5.74) is 1.68. The molecule has 0 amide bonds. The Morgan fingerprint density at radius 3 is 2.43 bits per heavy atom. The van der Waals surface area contributed by atoms with Gasteiger partial charge in [0.1, 0.15) is 0 Å². The highest BCUT2D eigenvalue weighted by Crippen LogP contribution is 2.29. The highest BCUT2D eigenvalue weighted by atomic mass is 79.9. The van der Waals surface area contributed by atoms with Gasteiger partial charge in [-0.2, -0.15) is 0 Å². The molecule has 1 unspecified atom stereocenters. The standard InChI is InChI=1S/C14H17BrN2O2S2/c1-3-16-10(2)11-4-6-12(7-5-11)17-21(18,19)14-13(15)8-9-20-14/h4-10,16-17H,3H2,1-2H3. The monoisotopic (exact) mass is 388 g/mol. The molecule has 21 heavy (non-hydrogen) atoms. The van der Waals surface area contributed by atoms with Gasteiger partial charge in [0.15, 0.2) is 4.21 Å². The van der Waals surface area contributed by atoms with E-state index in [0.29, 0.717) is 10.2 Å². The molecule has 114 valence electrons. The van der Waals surface area contributed by atoms with Crippen LogP contribution in [0.3, 0.4) is 0 Å². The molecular weight excluding hydrogens is 372 g/mol. The third kappa shape index (κ3) is 4.06. The van der Waals surface area contributed by atoms with Crippen molar-refractivity contribution in [1.82, 2.24) is 5.32 Å². The Morgan fingerprint density at radius 1 is 1.24 bits per heavy atom. The van der Waals surface area contributed by atoms with E-state index in [1.165, 1.54) is 11.3 Å². The fourth-order valence-corrected chi connectivity index (χ4v) is 5.33. The summed E-state index contributed by atoms with van der Waals surface area (Å²) < 4.78 is 28.0. The predicted octanol–water partition coefficient (Wildman–Crippen LogP) is 3.98. The van der Waals surface area contributed by atoms with Gasteiger partial charge in [-0.05, 0) is 58.5 Å². The highest BCUT2D eigenvalue weighted by molar-refractivity contribution is 9.10. The Labute approximate surface area is 137 Å². The van der Waals surface area contributed by atoms with Gasteiger partial charge >= 0.3 is 0 Å². The highest BCUT2D eigenvalue weighted by Gasteiger charge is 2.19. The molecule has 2 rings (SSSR count). The molecule has 1 heterocycles. The Morgan fingerprint density at radius 2 is 1.90 bits per heavy atom. The number of hydrogen-bond donors (Lipinski definition) is 2. The molecule has 0 radical (unpaired) electrons. The van der Waals surface area contributed by atoms with Crippen LogP contribution in [-0.2, 0) is 10.0 Å². The van der Waals surface area contributed by atoms with Crippen LogP contribution in [0.15, 0.2) is 44.4 Å². The number of nitrogens with one attached hydrogen (secondary N) is 2. The minimum Gasteiger partial charge on any atom is -0.310 e. The van der Waals surface area contributed by atoms with E-state index in [1.807, 2.05) is 12.1 Å². The number of rotatable bonds is 6. The normalized spacial score (nSPS) is 13.1. The van der Waals surface area contributed by atoms with Crippen molar-refractivity contribution in [3.8, 4) is 0 Å². The van der Waals surface area contributed by atoms with Crippen molar-refractivity contribution >= 4 is 43.0 Å². The Balaban J connectivity index is 2.15. The van der Waals surface area contributed by atoms with Crippen LogP contribution < -0.4 is 10.0 Å². The molecule has 1 aromatic heterocycles. The number of sulfonamides is 1. The number of thiophene rings is 1. The van der Waals surface area contributed by atoms with Crippen molar-refractivity contribution in [3.05, 3.63) is 45.7 Å². The lowest BCUT2D eigenvalue weighted by molar-refractivity contribution is 0.598. The maximum Gasteiger partial charge on any atom is 0.272 e. The molecule has 0 spiro atoms. The lowest BCUT2D eigenvalue weighted by atomic mass is 10.1. The molecule has 0 aliphatic heterocycles. The minimum atomic E-state index is -3.54. The lowest BCUT2D eigenvalue weighted by Gasteiger charge is -2.13. The van der Waals surface area contributed by atoms with Gasteiger partial charge in [-0.3, -0.25) is 4.72 Å². The van der Waals surface area contributed by atoms with Crippen molar-refractivity contribution in [2.45, 2.75) is 24.1 Å². The van der Waals surface area contributed by atoms with E-state index in [4.69, 9.17) is 0 Å². The summed E-state index contributed by atoms with van der Waals surface area (Å²) in [7, 11) is -3.54. The SMILES string of the molecule is CCNC(C)c1ccc(NS(=O)(=O)c2sccc2Br)cc1. The van der Waals surface area contributed by atoms with Crippen molar-refractivity contribution in [2.75, 3.05) is 11.3 Å². The molecule has 2 aromatic rings. The summed E-state index contributed by atoms with van der Waals surface area (Å²) in [6, 6.07) is 9.38. The first-order chi connectivity index (χ1) is 9.94. The average molecular weight is 389 g/mol. The van der Waals surface area contributed by atoms with Gasteiger partial charge in [-0.25, -0.2) is 8.42 Å². The smallest absolute Gasteiger partial charge is 0.272 e. The van der Waals surface area contributed by atoms with Crippen molar-refractivity contribution < 1.29 is 8.42 Å². The first kappa shape index (κ1) is 16.5. The van der Waals surface area contributed by atoms with E-state index < -0.39 is 10.0 Å². The molecule has 1 aromatic carbocycles. The largest absolute Gasteiger partial charge is 0.310 e. The molecule has 7 heteroatoms. The van der Waals surface area contributed by atoms with Crippen LogP contribution in [0.4, 0.5) is 5.69 Å². The zero-order chi connectivity index (χ0) is 15.5. The van der Waals surface area contributed by atoms with Crippen LogP contribution in [0.25, 0.3) is 0 Å². The summed E-state index contributed by atoms with van der Waals surface area (Å²) in [5.74, 6) is 0. The maximum atomic E-state index is 12.3. The van der Waals surface area contributed by atoms with Crippen LogP contribution >= 0.6 is 27.3 Å². The zero-order valence-corrected chi connectivity index (χ0v) is 15.0. The fraction of sp³-hybridized carbons (Fsp3) is 0.286. The third-order valence-electron chi connectivity index (χ3n) is 3.00. The van der Waals surface area contributed by atoms with Crippen LogP contribution in [0.5, 0.6) is 0 Å². The maximum absolute atomic E-state index is 12.3. The van der Waals surface area contributed by atoms with Gasteiger partial charge in [0, 0.05) is 16.2 Å². The van der Waals surface area contributed by atoms with Gasteiger partial charge in [0.25, 0.3) is 10.0 Å². The topological polar surface area (TPSA) is 58.2 Å². The molecule has 0 saturated heterocycles. The summed E-state index contributed by atoms with van der Waals surface area (Å²) in [6.45, 7) is 5.02. The summed E-state index contributed by atoms with van der Waals surface area (Å²) in [6.07, 6.45) is 0. The Kier molecular flexibility index (Phi) is 5.43. The molecular formula is C14H17BrN2O2S2. The summed E-state index contributed by atoms with van der Waals surface area (Å²) in [4.78, 5) is 0. The van der Waals surface area contributed by atoms with Gasteiger partial charge in [0.2, 0.25) is 0 Å². The summed E-state index contributed by atoms with van der Waals surface area (Å²) in [5, 5.41) is 5.05. The van der Waals surface area contributed by atoms with Crippen LogP contribution in [0.2, 0.25) is 0 Å². The van der Waals surface area contributed by atoms with Crippen molar-refractivity contribution in [1.29, 1.82) is 0 Å². The van der Waals surface area contributed by atoms with E-state index in [2.05, 4.69) is 39.8 Å². The quantitative estimate of drug-likeness (QED) is 0.786. The zero-order valence-electron chi connectivity index (χ0n) is 11.8. The van der Waals surface area contributed by atoms with Gasteiger partial charge < -0.3 is 5.32 Å². The van der Waals surface area contributed by atoms with E-state index in [1.54, 1.807) is 23.6 Å². The third-order valence-corrected chi connectivity index (χ3v) is 7.05. The Bertz CT molecular complexity index is 696. The van der Waals surface area contributed by atoms with Crippen LogP contribution in [0, 0.1) is 0 Å². The van der Waals surface area contributed by atoms with Crippen LogP contribution in [0.1, 0.15) is 25.5 Å². The predicted molar refractivity (Wildman–Crippen MR) is 91.4 cm³/mol. The second-order valence-electron chi connectivity index (χ2n) is 4.56. The van der Waals surface area contributed by atoms with Gasteiger partial charge in [-0.1, -0.05) is 19.1 Å². The van der Waals surface area contributed by atoms with Gasteiger partial charge in [-0.15, -0.1) is 11.3 Å². The molecule has 0 fully saturated rings. The molecule has 2 N–H and O–H groups in total. The first-order valence-corrected chi connectivity index (χ1v) is 9.68. The summed E-state index contributed by atoms with van der Waals surface area (Å²) >= 11 is 4.43. The average Bonchev–Trinajstić information content (AvgIpc) is 2.86.